The Bertz CT molecular complexity index is 1760. The fourth-order valence-corrected chi connectivity index (χ4v) is 7.28. The molecule has 2 unspecified atom stereocenters. The summed E-state index contributed by atoms with van der Waals surface area (Å²) < 4.78 is 36.8. The van der Waals surface area contributed by atoms with E-state index in [9.17, 15) is 18.3 Å². The van der Waals surface area contributed by atoms with Gasteiger partial charge in [0.15, 0.2) is 0 Å². The number of nitrogens with one attached hydrogen (secondary N) is 3. The highest BCUT2D eigenvalue weighted by atomic mass is 32.2. The van der Waals surface area contributed by atoms with E-state index in [4.69, 9.17) is 10.5 Å². The summed E-state index contributed by atoms with van der Waals surface area (Å²) in [5.74, 6) is 1.80. The van der Waals surface area contributed by atoms with Gasteiger partial charge < -0.3 is 25.9 Å². The zero-order chi connectivity index (χ0) is 31.4. The predicted octanol–water partition coefficient (Wildman–Crippen LogP) is 4.08. The Morgan fingerprint density at radius 1 is 1.09 bits per heavy atom. The van der Waals surface area contributed by atoms with Gasteiger partial charge in [-0.05, 0) is 85.7 Å². The third kappa shape index (κ3) is 7.58. The summed E-state index contributed by atoms with van der Waals surface area (Å²) in [5.41, 5.74) is 8.90. The molecule has 0 amide bonds. The first-order chi connectivity index (χ1) is 21.7. The minimum absolute atomic E-state index is 0.107. The first-order valence-corrected chi connectivity index (χ1v) is 17.1. The van der Waals surface area contributed by atoms with Crippen LogP contribution in [0.1, 0.15) is 61.4 Å². The number of fused-ring (bicyclic) bond motifs is 1. The fraction of sp³-hybridized carbons (Fsp3) is 0.394. The molecule has 2 aromatic carbocycles. The SMILES string of the molecule is Nc1ccc(C(O)CNCC2CCc3cc(S(=O)(=O)Nc4ccc(-n5cc(CCC6CCCC6)[nH]c5=O)cc4)ccc3O2)cn1. The summed E-state index contributed by atoms with van der Waals surface area (Å²) in [6, 6.07) is 15.1. The van der Waals surface area contributed by atoms with Crippen LogP contribution in [0, 0.1) is 5.92 Å². The van der Waals surface area contributed by atoms with Gasteiger partial charge >= 0.3 is 5.69 Å². The van der Waals surface area contributed by atoms with Crippen LogP contribution in [0.15, 0.2) is 76.7 Å². The van der Waals surface area contributed by atoms with Crippen molar-refractivity contribution in [3.05, 3.63) is 94.3 Å². The number of aliphatic hydroxyl groups excluding tert-OH is 1. The van der Waals surface area contributed by atoms with Crippen LogP contribution in [0.5, 0.6) is 5.75 Å². The zero-order valence-corrected chi connectivity index (χ0v) is 25.9. The number of benzene rings is 2. The molecule has 2 aromatic heterocycles. The third-order valence-electron chi connectivity index (χ3n) is 8.74. The van der Waals surface area contributed by atoms with E-state index in [2.05, 4.69) is 20.0 Å². The minimum Gasteiger partial charge on any atom is -0.489 e. The monoisotopic (exact) mass is 632 g/mol. The van der Waals surface area contributed by atoms with Crippen molar-refractivity contribution in [1.29, 1.82) is 0 Å². The van der Waals surface area contributed by atoms with E-state index in [1.165, 1.54) is 31.7 Å². The van der Waals surface area contributed by atoms with Gasteiger partial charge in [0, 0.05) is 42.4 Å². The second-order valence-electron chi connectivity index (χ2n) is 12.0. The molecule has 12 heteroatoms. The molecule has 2 atom stereocenters. The van der Waals surface area contributed by atoms with E-state index < -0.39 is 16.1 Å². The van der Waals surface area contributed by atoms with Gasteiger partial charge in [-0.1, -0.05) is 31.7 Å². The van der Waals surface area contributed by atoms with Crippen molar-refractivity contribution < 1.29 is 18.3 Å². The average Bonchev–Trinajstić information content (AvgIpc) is 3.70. The molecule has 0 spiro atoms. The van der Waals surface area contributed by atoms with Gasteiger partial charge in [-0.3, -0.25) is 9.29 Å². The highest BCUT2D eigenvalue weighted by Crippen LogP contribution is 2.31. The first kappa shape index (κ1) is 30.9. The molecule has 6 rings (SSSR count). The fourth-order valence-electron chi connectivity index (χ4n) is 6.17. The van der Waals surface area contributed by atoms with Crippen LogP contribution in [0.4, 0.5) is 11.5 Å². The molecular weight excluding hydrogens is 592 g/mol. The van der Waals surface area contributed by atoms with Crippen molar-refractivity contribution in [2.45, 2.75) is 68.5 Å². The van der Waals surface area contributed by atoms with Gasteiger partial charge in [-0.15, -0.1) is 0 Å². The lowest BCUT2D eigenvalue weighted by atomic mass is 10.0. The van der Waals surface area contributed by atoms with E-state index in [0.29, 0.717) is 54.4 Å². The van der Waals surface area contributed by atoms with Gasteiger partial charge in [0.2, 0.25) is 0 Å². The normalized spacial score (nSPS) is 17.5. The number of aromatic amines is 1. The Balaban J connectivity index is 1.02. The number of aryl methyl sites for hydroxylation is 2. The number of aromatic nitrogens is 3. The van der Waals surface area contributed by atoms with Crippen molar-refractivity contribution in [2.75, 3.05) is 23.5 Å². The maximum absolute atomic E-state index is 13.2. The summed E-state index contributed by atoms with van der Waals surface area (Å²) in [6.45, 7) is 0.874. The molecule has 0 radical (unpaired) electrons. The maximum Gasteiger partial charge on any atom is 0.330 e. The highest BCUT2D eigenvalue weighted by Gasteiger charge is 2.23. The second-order valence-corrected chi connectivity index (χ2v) is 13.7. The quantitative estimate of drug-likeness (QED) is 0.156. The largest absolute Gasteiger partial charge is 0.489 e. The van der Waals surface area contributed by atoms with Crippen molar-refractivity contribution in [3.63, 3.8) is 0 Å². The Kier molecular flexibility index (Phi) is 9.24. The van der Waals surface area contributed by atoms with Crippen molar-refractivity contribution in [2.24, 2.45) is 5.92 Å². The molecule has 238 valence electrons. The molecule has 45 heavy (non-hydrogen) atoms. The minimum atomic E-state index is -3.84. The number of pyridine rings is 1. The number of sulfonamides is 1. The number of nitrogens with zero attached hydrogens (tertiary/aromatic N) is 2. The summed E-state index contributed by atoms with van der Waals surface area (Å²) >= 11 is 0. The molecule has 1 fully saturated rings. The standard InChI is InChI=1S/C33H40N6O5S/c34-32-16-7-24(18-36-32)30(40)20-35-19-28-13-6-23-17-29(14-15-31(23)44-28)45(42,43)38-25-9-11-27(12-10-25)39-21-26(37-33(39)41)8-5-22-3-1-2-4-22/h7,9-12,14-18,21-22,28,30,35,38,40H,1-6,8,13,19-20H2,(H2,34,36)(H,37,41). The average molecular weight is 633 g/mol. The Morgan fingerprint density at radius 3 is 2.64 bits per heavy atom. The number of anilines is 2. The molecular formula is C33H40N6O5S. The van der Waals surface area contributed by atoms with Crippen LogP contribution < -0.4 is 26.2 Å². The molecule has 4 aromatic rings. The molecule has 1 aliphatic heterocycles. The lowest BCUT2D eigenvalue weighted by Gasteiger charge is -2.27. The van der Waals surface area contributed by atoms with E-state index in [1.54, 1.807) is 59.3 Å². The molecule has 2 aliphatic rings. The number of H-pyrrole nitrogens is 1. The smallest absolute Gasteiger partial charge is 0.330 e. The number of nitrogens with two attached hydrogens (primary N) is 1. The van der Waals surface area contributed by atoms with Gasteiger partial charge in [-0.25, -0.2) is 18.2 Å². The number of ether oxygens (including phenoxy) is 1. The Morgan fingerprint density at radius 2 is 1.89 bits per heavy atom. The van der Waals surface area contributed by atoms with Crippen molar-refractivity contribution in [1.82, 2.24) is 19.9 Å². The van der Waals surface area contributed by atoms with Crippen LogP contribution in [0.25, 0.3) is 5.69 Å². The maximum atomic E-state index is 13.2. The molecule has 11 nitrogen and oxygen atoms in total. The number of hydrogen-bond donors (Lipinski definition) is 5. The third-order valence-corrected chi connectivity index (χ3v) is 10.1. The van der Waals surface area contributed by atoms with E-state index >= 15 is 0 Å². The van der Waals surface area contributed by atoms with E-state index in [0.717, 1.165) is 30.0 Å². The highest BCUT2D eigenvalue weighted by molar-refractivity contribution is 7.92. The lowest BCUT2D eigenvalue weighted by Crippen LogP contribution is -2.36. The number of nitrogen functional groups attached to an aromatic ring is 1. The number of imidazole rings is 1. The molecule has 0 bridgehead atoms. The van der Waals surface area contributed by atoms with Crippen LogP contribution >= 0.6 is 0 Å². The number of aliphatic hydroxyl groups is 1. The van der Waals surface area contributed by atoms with Crippen molar-refractivity contribution in [3.8, 4) is 11.4 Å². The van der Waals surface area contributed by atoms with E-state index in [-0.39, 0.29) is 16.7 Å². The Hall–Kier alpha value is -4.13. The zero-order valence-electron chi connectivity index (χ0n) is 25.1. The van der Waals surface area contributed by atoms with Gasteiger partial charge in [0.05, 0.1) is 16.7 Å². The lowest BCUT2D eigenvalue weighted by molar-refractivity contribution is 0.146. The van der Waals surface area contributed by atoms with Crippen LogP contribution in [-0.4, -0.2) is 47.3 Å². The van der Waals surface area contributed by atoms with E-state index in [1.807, 2.05) is 6.20 Å². The summed E-state index contributed by atoms with van der Waals surface area (Å²) in [6.07, 6.45) is 11.0. The van der Waals surface area contributed by atoms with Gasteiger partial charge in [-0.2, -0.15) is 0 Å². The predicted molar refractivity (Wildman–Crippen MR) is 173 cm³/mol. The molecule has 3 heterocycles. The number of rotatable bonds is 12. The van der Waals surface area contributed by atoms with Crippen LogP contribution in [0.3, 0.4) is 0 Å². The summed E-state index contributed by atoms with van der Waals surface area (Å²) in [5, 5.41) is 13.6. The summed E-state index contributed by atoms with van der Waals surface area (Å²) in [7, 11) is -3.84. The molecule has 1 saturated carbocycles. The second kappa shape index (κ2) is 13.5. The Labute approximate surface area is 262 Å². The topological polar surface area (TPSA) is 164 Å². The molecule has 6 N–H and O–H groups in total. The van der Waals surface area contributed by atoms with Gasteiger partial charge in [0.1, 0.15) is 17.7 Å². The van der Waals surface area contributed by atoms with Crippen LogP contribution in [-0.2, 0) is 22.9 Å². The summed E-state index contributed by atoms with van der Waals surface area (Å²) in [4.78, 5) is 19.7. The van der Waals surface area contributed by atoms with Crippen LogP contribution in [0.2, 0.25) is 0 Å². The molecule has 0 saturated heterocycles. The number of hydrogen-bond acceptors (Lipinski definition) is 8. The molecule has 1 aliphatic carbocycles. The van der Waals surface area contributed by atoms with Crippen molar-refractivity contribution >= 4 is 21.5 Å². The van der Waals surface area contributed by atoms with Gasteiger partial charge in [0.25, 0.3) is 10.0 Å². The first-order valence-electron chi connectivity index (χ1n) is 15.6.